The second-order valence-corrected chi connectivity index (χ2v) is 5.41. The molecule has 2 aliphatic rings. The standard InChI is InChI=1S/C13H24N2O/c1-10(11-5-3-2-4-6-11)14-9-13(16)15-12-7-8-12/h10-12,14H,2-9H2,1H3,(H,15,16)/t10-/m0/s1. The summed E-state index contributed by atoms with van der Waals surface area (Å²) in [6.07, 6.45) is 9.13. The van der Waals surface area contributed by atoms with Crippen molar-refractivity contribution < 1.29 is 4.79 Å². The van der Waals surface area contributed by atoms with Gasteiger partial charge in [-0.25, -0.2) is 0 Å². The molecule has 2 aliphatic carbocycles. The molecule has 0 aliphatic heterocycles. The number of rotatable bonds is 5. The van der Waals surface area contributed by atoms with Crippen LogP contribution >= 0.6 is 0 Å². The Balaban J connectivity index is 1.61. The third kappa shape index (κ3) is 3.78. The van der Waals surface area contributed by atoms with Gasteiger partial charge in [0.1, 0.15) is 0 Å². The van der Waals surface area contributed by atoms with Crippen molar-refractivity contribution in [2.45, 2.75) is 64.0 Å². The molecule has 0 aromatic heterocycles. The highest BCUT2D eigenvalue weighted by molar-refractivity contribution is 5.78. The van der Waals surface area contributed by atoms with Gasteiger partial charge >= 0.3 is 0 Å². The molecular weight excluding hydrogens is 200 g/mol. The number of carbonyl (C=O) groups is 1. The summed E-state index contributed by atoms with van der Waals surface area (Å²) in [5.41, 5.74) is 0. The van der Waals surface area contributed by atoms with E-state index in [0.717, 1.165) is 5.92 Å². The molecule has 2 rings (SSSR count). The molecule has 3 nitrogen and oxygen atoms in total. The van der Waals surface area contributed by atoms with Crippen molar-refractivity contribution >= 4 is 5.91 Å². The zero-order valence-electron chi connectivity index (χ0n) is 10.3. The quantitative estimate of drug-likeness (QED) is 0.748. The minimum Gasteiger partial charge on any atom is -0.352 e. The van der Waals surface area contributed by atoms with Crippen molar-refractivity contribution in [3.63, 3.8) is 0 Å². The van der Waals surface area contributed by atoms with Gasteiger partial charge in [-0.05, 0) is 38.5 Å². The maximum atomic E-state index is 11.5. The summed E-state index contributed by atoms with van der Waals surface area (Å²) in [5.74, 6) is 0.952. The molecule has 2 saturated carbocycles. The minimum atomic E-state index is 0.171. The summed E-state index contributed by atoms with van der Waals surface area (Å²) in [6, 6.07) is 0.976. The average molecular weight is 224 g/mol. The van der Waals surface area contributed by atoms with Crippen LogP contribution in [0.5, 0.6) is 0 Å². The highest BCUT2D eigenvalue weighted by atomic mass is 16.2. The molecule has 0 heterocycles. The summed E-state index contributed by atoms with van der Waals surface area (Å²) in [5, 5.41) is 6.38. The normalized spacial score (nSPS) is 24.1. The number of carbonyl (C=O) groups excluding carboxylic acids is 1. The van der Waals surface area contributed by atoms with Gasteiger partial charge in [0.05, 0.1) is 6.54 Å². The molecule has 2 fully saturated rings. The zero-order chi connectivity index (χ0) is 11.4. The number of amides is 1. The largest absolute Gasteiger partial charge is 0.352 e. The van der Waals surface area contributed by atoms with Gasteiger partial charge in [0.15, 0.2) is 0 Å². The smallest absolute Gasteiger partial charge is 0.234 e. The predicted octanol–water partition coefficient (Wildman–Crippen LogP) is 1.82. The molecule has 0 unspecified atom stereocenters. The van der Waals surface area contributed by atoms with Gasteiger partial charge in [-0.2, -0.15) is 0 Å². The third-order valence-electron chi connectivity index (χ3n) is 3.88. The molecule has 0 saturated heterocycles. The first kappa shape index (κ1) is 11.9. The lowest BCUT2D eigenvalue weighted by Gasteiger charge is -2.28. The lowest BCUT2D eigenvalue weighted by Crippen LogP contribution is -2.42. The monoisotopic (exact) mass is 224 g/mol. The Morgan fingerprint density at radius 1 is 1.19 bits per heavy atom. The van der Waals surface area contributed by atoms with Crippen LogP contribution < -0.4 is 10.6 Å². The molecular formula is C13H24N2O. The maximum Gasteiger partial charge on any atom is 0.234 e. The van der Waals surface area contributed by atoms with Crippen molar-refractivity contribution in [2.24, 2.45) is 5.92 Å². The van der Waals surface area contributed by atoms with Crippen LogP contribution in [0.25, 0.3) is 0 Å². The van der Waals surface area contributed by atoms with E-state index in [1.54, 1.807) is 0 Å². The Labute approximate surface area is 98.4 Å². The topological polar surface area (TPSA) is 41.1 Å². The Bertz CT molecular complexity index is 232. The lowest BCUT2D eigenvalue weighted by molar-refractivity contribution is -0.120. The molecule has 0 aromatic rings. The van der Waals surface area contributed by atoms with E-state index >= 15 is 0 Å². The maximum absolute atomic E-state index is 11.5. The van der Waals surface area contributed by atoms with Crippen molar-refractivity contribution in [3.8, 4) is 0 Å². The first-order valence-electron chi connectivity index (χ1n) is 6.78. The van der Waals surface area contributed by atoms with Crippen molar-refractivity contribution in [1.82, 2.24) is 10.6 Å². The highest BCUT2D eigenvalue weighted by Crippen LogP contribution is 2.26. The molecule has 0 spiro atoms. The van der Waals surface area contributed by atoms with E-state index in [-0.39, 0.29) is 5.91 Å². The van der Waals surface area contributed by atoms with Crippen molar-refractivity contribution in [1.29, 1.82) is 0 Å². The van der Waals surface area contributed by atoms with Crippen LogP contribution in [-0.4, -0.2) is 24.5 Å². The van der Waals surface area contributed by atoms with Crippen molar-refractivity contribution in [3.05, 3.63) is 0 Å². The minimum absolute atomic E-state index is 0.171. The van der Waals surface area contributed by atoms with E-state index in [1.807, 2.05) is 0 Å². The summed E-state index contributed by atoms with van der Waals surface area (Å²) in [4.78, 5) is 11.5. The van der Waals surface area contributed by atoms with Gasteiger partial charge in [0.2, 0.25) is 5.91 Å². The molecule has 0 radical (unpaired) electrons. The highest BCUT2D eigenvalue weighted by Gasteiger charge is 2.24. The molecule has 3 heteroatoms. The van der Waals surface area contributed by atoms with Crippen LogP contribution in [0.3, 0.4) is 0 Å². The van der Waals surface area contributed by atoms with E-state index in [1.165, 1.54) is 44.9 Å². The Kier molecular flexibility index (Phi) is 4.22. The van der Waals surface area contributed by atoms with Gasteiger partial charge in [-0.15, -0.1) is 0 Å². The molecule has 0 bridgehead atoms. The Morgan fingerprint density at radius 3 is 2.50 bits per heavy atom. The van der Waals surface area contributed by atoms with E-state index < -0.39 is 0 Å². The summed E-state index contributed by atoms with van der Waals surface area (Å²) < 4.78 is 0. The van der Waals surface area contributed by atoms with Gasteiger partial charge < -0.3 is 10.6 Å². The predicted molar refractivity (Wildman–Crippen MR) is 65.2 cm³/mol. The second-order valence-electron chi connectivity index (χ2n) is 5.41. The first-order valence-corrected chi connectivity index (χ1v) is 6.78. The Morgan fingerprint density at radius 2 is 1.88 bits per heavy atom. The summed E-state index contributed by atoms with van der Waals surface area (Å²) in [7, 11) is 0. The molecule has 16 heavy (non-hydrogen) atoms. The second kappa shape index (κ2) is 5.67. The first-order chi connectivity index (χ1) is 7.75. The third-order valence-corrected chi connectivity index (χ3v) is 3.88. The zero-order valence-corrected chi connectivity index (χ0v) is 10.3. The average Bonchev–Trinajstić information content (AvgIpc) is 3.11. The van der Waals surface area contributed by atoms with E-state index in [4.69, 9.17) is 0 Å². The molecule has 1 amide bonds. The van der Waals surface area contributed by atoms with Gasteiger partial charge in [0.25, 0.3) is 0 Å². The van der Waals surface area contributed by atoms with Gasteiger partial charge in [-0.1, -0.05) is 19.3 Å². The van der Waals surface area contributed by atoms with E-state index in [9.17, 15) is 4.79 Å². The summed E-state index contributed by atoms with van der Waals surface area (Å²) >= 11 is 0. The number of nitrogens with one attached hydrogen (secondary N) is 2. The molecule has 2 N–H and O–H groups in total. The number of hydrogen-bond donors (Lipinski definition) is 2. The fourth-order valence-corrected chi connectivity index (χ4v) is 2.56. The fourth-order valence-electron chi connectivity index (χ4n) is 2.56. The number of hydrogen-bond acceptors (Lipinski definition) is 2. The van der Waals surface area contributed by atoms with Crippen LogP contribution in [-0.2, 0) is 4.79 Å². The fraction of sp³-hybridized carbons (Fsp3) is 0.923. The van der Waals surface area contributed by atoms with Gasteiger partial charge in [-0.3, -0.25) is 4.79 Å². The van der Waals surface area contributed by atoms with Crippen LogP contribution in [0.1, 0.15) is 51.9 Å². The molecule has 92 valence electrons. The molecule has 0 aromatic carbocycles. The van der Waals surface area contributed by atoms with Crippen molar-refractivity contribution in [2.75, 3.05) is 6.54 Å². The SMILES string of the molecule is C[C@H](NCC(=O)NC1CC1)C1CCCCC1. The van der Waals surface area contributed by atoms with E-state index in [0.29, 0.717) is 18.6 Å². The van der Waals surface area contributed by atoms with Crippen LogP contribution in [0.2, 0.25) is 0 Å². The van der Waals surface area contributed by atoms with Crippen LogP contribution in [0, 0.1) is 5.92 Å². The molecule has 1 atom stereocenters. The Hall–Kier alpha value is -0.570. The van der Waals surface area contributed by atoms with Crippen LogP contribution in [0.15, 0.2) is 0 Å². The van der Waals surface area contributed by atoms with E-state index in [2.05, 4.69) is 17.6 Å². The van der Waals surface area contributed by atoms with Gasteiger partial charge in [0, 0.05) is 12.1 Å². The lowest BCUT2D eigenvalue weighted by atomic mass is 9.84. The summed E-state index contributed by atoms with van der Waals surface area (Å²) in [6.45, 7) is 2.72. The van der Waals surface area contributed by atoms with Crippen LogP contribution in [0.4, 0.5) is 0 Å².